The highest BCUT2D eigenvalue weighted by atomic mass is 16.5. The highest BCUT2D eigenvalue weighted by molar-refractivity contribution is 5.88. The highest BCUT2D eigenvalue weighted by Crippen LogP contribution is 2.05. The lowest BCUT2D eigenvalue weighted by Gasteiger charge is -2.35. The second-order valence-electron chi connectivity index (χ2n) is 5.02. The fourth-order valence-corrected chi connectivity index (χ4v) is 2.32. The molecule has 0 saturated carbocycles. The average Bonchev–Trinajstić information content (AvgIpc) is 2.58. The molecular formula is C15H22N4O3. The second kappa shape index (κ2) is 8.45. The van der Waals surface area contributed by atoms with E-state index < -0.39 is 6.04 Å². The van der Waals surface area contributed by atoms with Crippen molar-refractivity contribution in [2.75, 3.05) is 32.8 Å². The Morgan fingerprint density at radius 1 is 1.55 bits per heavy atom. The molecule has 2 heterocycles. The van der Waals surface area contributed by atoms with Crippen molar-refractivity contribution >= 4 is 11.8 Å². The van der Waals surface area contributed by atoms with Crippen molar-refractivity contribution in [2.24, 2.45) is 0 Å². The summed E-state index contributed by atoms with van der Waals surface area (Å²) in [4.78, 5) is 30.1. The molecule has 0 radical (unpaired) electrons. The molecule has 0 bridgehead atoms. The van der Waals surface area contributed by atoms with E-state index in [-0.39, 0.29) is 18.4 Å². The van der Waals surface area contributed by atoms with Gasteiger partial charge in [-0.1, -0.05) is 6.07 Å². The predicted octanol–water partition coefficient (Wildman–Crippen LogP) is -0.465. The molecule has 2 rings (SSSR count). The average molecular weight is 306 g/mol. The summed E-state index contributed by atoms with van der Waals surface area (Å²) >= 11 is 0. The molecule has 1 fully saturated rings. The summed E-state index contributed by atoms with van der Waals surface area (Å²) in [5.74, 6) is -0.314. The van der Waals surface area contributed by atoms with Gasteiger partial charge in [0.2, 0.25) is 11.8 Å². The number of nitrogens with zero attached hydrogens (tertiary/aromatic N) is 2. The monoisotopic (exact) mass is 306 g/mol. The van der Waals surface area contributed by atoms with Crippen molar-refractivity contribution in [1.82, 2.24) is 20.5 Å². The van der Waals surface area contributed by atoms with E-state index in [1.807, 2.05) is 19.1 Å². The van der Waals surface area contributed by atoms with E-state index in [1.54, 1.807) is 17.3 Å². The zero-order chi connectivity index (χ0) is 15.8. The first-order valence-corrected chi connectivity index (χ1v) is 7.47. The standard InChI is InChI=1S/C15H22N4O3/c1-2-22-11-14(20)19-7-6-17-10-13(19)15(21)18-9-12-4-3-5-16-8-12/h3-5,8,13,17H,2,6-7,9-11H2,1H3,(H,18,21). The Kier molecular flexibility index (Phi) is 6.29. The molecule has 1 saturated heterocycles. The van der Waals surface area contributed by atoms with E-state index >= 15 is 0 Å². The zero-order valence-corrected chi connectivity index (χ0v) is 12.7. The lowest BCUT2D eigenvalue weighted by molar-refractivity contribution is -0.145. The van der Waals surface area contributed by atoms with Crippen LogP contribution in [-0.2, 0) is 20.9 Å². The van der Waals surface area contributed by atoms with Crippen LogP contribution in [0.25, 0.3) is 0 Å². The van der Waals surface area contributed by atoms with Gasteiger partial charge in [0.15, 0.2) is 0 Å². The minimum Gasteiger partial charge on any atom is -0.372 e. The number of pyridine rings is 1. The van der Waals surface area contributed by atoms with Crippen molar-refractivity contribution < 1.29 is 14.3 Å². The molecule has 1 aliphatic rings. The summed E-state index contributed by atoms with van der Waals surface area (Å²) in [7, 11) is 0. The topological polar surface area (TPSA) is 83.6 Å². The lowest BCUT2D eigenvalue weighted by Crippen LogP contribution is -2.60. The molecule has 1 unspecified atom stereocenters. The molecule has 7 heteroatoms. The number of aromatic nitrogens is 1. The molecule has 2 amide bonds. The van der Waals surface area contributed by atoms with Crippen LogP contribution < -0.4 is 10.6 Å². The maximum atomic E-state index is 12.4. The molecule has 0 aromatic carbocycles. The molecule has 120 valence electrons. The molecular weight excluding hydrogens is 284 g/mol. The van der Waals surface area contributed by atoms with E-state index in [2.05, 4.69) is 15.6 Å². The quantitative estimate of drug-likeness (QED) is 0.743. The van der Waals surface area contributed by atoms with E-state index in [4.69, 9.17) is 4.74 Å². The first-order valence-electron chi connectivity index (χ1n) is 7.47. The molecule has 2 N–H and O–H groups in total. The number of carbonyl (C=O) groups is 2. The Labute approximate surface area is 130 Å². The van der Waals surface area contributed by atoms with Crippen LogP contribution in [0.4, 0.5) is 0 Å². The number of ether oxygens (including phenoxy) is 1. The highest BCUT2D eigenvalue weighted by Gasteiger charge is 2.31. The Morgan fingerprint density at radius 2 is 2.41 bits per heavy atom. The molecule has 1 atom stereocenters. The number of hydrogen-bond donors (Lipinski definition) is 2. The Balaban J connectivity index is 1.91. The maximum Gasteiger partial charge on any atom is 0.249 e. The summed E-state index contributed by atoms with van der Waals surface area (Å²) in [6, 6.07) is 3.21. The van der Waals surface area contributed by atoms with Crippen molar-refractivity contribution in [3.63, 3.8) is 0 Å². The van der Waals surface area contributed by atoms with Crippen LogP contribution in [-0.4, -0.2) is 60.6 Å². The van der Waals surface area contributed by atoms with E-state index in [1.165, 1.54) is 0 Å². The first-order chi connectivity index (χ1) is 10.7. The molecule has 1 aliphatic heterocycles. The summed E-state index contributed by atoms with van der Waals surface area (Å²) in [5, 5.41) is 6.00. The third kappa shape index (κ3) is 4.51. The van der Waals surface area contributed by atoms with Crippen molar-refractivity contribution in [2.45, 2.75) is 19.5 Å². The van der Waals surface area contributed by atoms with Crippen LogP contribution in [0.5, 0.6) is 0 Å². The maximum absolute atomic E-state index is 12.4. The van der Waals surface area contributed by atoms with Crippen LogP contribution in [0.2, 0.25) is 0 Å². The third-order valence-corrected chi connectivity index (χ3v) is 3.49. The molecule has 1 aromatic heterocycles. The minimum absolute atomic E-state index is 0.0168. The molecule has 0 spiro atoms. The number of hydrogen-bond acceptors (Lipinski definition) is 5. The zero-order valence-electron chi connectivity index (χ0n) is 12.7. The van der Waals surface area contributed by atoms with Gasteiger partial charge in [0.05, 0.1) is 0 Å². The van der Waals surface area contributed by atoms with Crippen LogP contribution in [0.15, 0.2) is 24.5 Å². The van der Waals surface area contributed by atoms with E-state index in [9.17, 15) is 9.59 Å². The Bertz CT molecular complexity index is 495. The van der Waals surface area contributed by atoms with E-state index in [0.717, 1.165) is 5.56 Å². The van der Waals surface area contributed by atoms with Gasteiger partial charge in [-0.05, 0) is 18.6 Å². The van der Waals surface area contributed by atoms with Gasteiger partial charge in [-0.15, -0.1) is 0 Å². The second-order valence-corrected chi connectivity index (χ2v) is 5.02. The number of amides is 2. The van der Waals surface area contributed by atoms with Gasteiger partial charge >= 0.3 is 0 Å². The summed E-state index contributed by atoms with van der Waals surface area (Å²) in [6.07, 6.45) is 3.39. The predicted molar refractivity (Wildman–Crippen MR) is 80.9 cm³/mol. The van der Waals surface area contributed by atoms with Gasteiger partial charge in [0.1, 0.15) is 12.6 Å². The third-order valence-electron chi connectivity index (χ3n) is 3.49. The van der Waals surface area contributed by atoms with Gasteiger partial charge in [-0.25, -0.2) is 0 Å². The van der Waals surface area contributed by atoms with Gasteiger partial charge in [0, 0.05) is 45.2 Å². The van der Waals surface area contributed by atoms with Crippen LogP contribution in [0.3, 0.4) is 0 Å². The fourth-order valence-electron chi connectivity index (χ4n) is 2.32. The Hall–Kier alpha value is -1.99. The van der Waals surface area contributed by atoms with Gasteiger partial charge in [-0.3, -0.25) is 14.6 Å². The molecule has 1 aromatic rings. The van der Waals surface area contributed by atoms with Crippen LogP contribution in [0.1, 0.15) is 12.5 Å². The number of nitrogens with one attached hydrogen (secondary N) is 2. The largest absolute Gasteiger partial charge is 0.372 e. The van der Waals surface area contributed by atoms with Gasteiger partial charge < -0.3 is 20.3 Å². The molecule has 22 heavy (non-hydrogen) atoms. The summed E-state index contributed by atoms with van der Waals surface area (Å²) < 4.78 is 5.15. The number of rotatable bonds is 6. The Morgan fingerprint density at radius 3 is 3.14 bits per heavy atom. The molecule has 7 nitrogen and oxygen atoms in total. The summed E-state index contributed by atoms with van der Waals surface area (Å²) in [5.41, 5.74) is 0.923. The van der Waals surface area contributed by atoms with Crippen LogP contribution >= 0.6 is 0 Å². The molecule has 0 aliphatic carbocycles. The number of carbonyl (C=O) groups excluding carboxylic acids is 2. The summed E-state index contributed by atoms with van der Waals surface area (Å²) in [6.45, 7) is 4.39. The SMILES string of the molecule is CCOCC(=O)N1CCNCC1C(=O)NCc1cccnc1. The fraction of sp³-hybridized carbons (Fsp3) is 0.533. The normalized spacial score (nSPS) is 18.0. The minimum atomic E-state index is -0.502. The van der Waals surface area contributed by atoms with Gasteiger partial charge in [-0.2, -0.15) is 0 Å². The first kappa shape index (κ1) is 16.4. The van der Waals surface area contributed by atoms with Gasteiger partial charge in [0.25, 0.3) is 0 Å². The number of piperazine rings is 1. The van der Waals surface area contributed by atoms with Crippen molar-refractivity contribution in [3.05, 3.63) is 30.1 Å². The van der Waals surface area contributed by atoms with Crippen molar-refractivity contribution in [3.8, 4) is 0 Å². The lowest BCUT2D eigenvalue weighted by atomic mass is 10.1. The van der Waals surface area contributed by atoms with Crippen LogP contribution in [0, 0.1) is 0 Å². The van der Waals surface area contributed by atoms with Crippen molar-refractivity contribution in [1.29, 1.82) is 0 Å². The smallest absolute Gasteiger partial charge is 0.249 e. The van der Waals surface area contributed by atoms with E-state index in [0.29, 0.717) is 32.8 Å².